The number of nitrogens with zero attached hydrogens (tertiary/aromatic N) is 3. The molecule has 0 aliphatic heterocycles. The van der Waals surface area contributed by atoms with Crippen LogP contribution in [0.1, 0.15) is 25.2 Å². The van der Waals surface area contributed by atoms with Crippen LogP contribution in [0.15, 0.2) is 28.9 Å². The average Bonchev–Trinajstić information content (AvgIpc) is 2.81. The Morgan fingerprint density at radius 3 is 2.94 bits per heavy atom. The molecule has 5 heteroatoms. The van der Waals surface area contributed by atoms with E-state index in [4.69, 9.17) is 10.3 Å². The van der Waals surface area contributed by atoms with Crippen molar-refractivity contribution >= 4 is 0 Å². The van der Waals surface area contributed by atoms with E-state index in [1.807, 2.05) is 25.1 Å². The van der Waals surface area contributed by atoms with Crippen molar-refractivity contribution in [2.45, 2.75) is 19.3 Å². The van der Waals surface area contributed by atoms with Crippen LogP contribution in [0.25, 0.3) is 11.5 Å². The lowest BCUT2D eigenvalue weighted by atomic mass is 10.1. The zero-order valence-corrected chi connectivity index (χ0v) is 9.13. The Morgan fingerprint density at radius 2 is 2.31 bits per heavy atom. The summed E-state index contributed by atoms with van der Waals surface area (Å²) in [5, 5.41) is 3.90. The van der Waals surface area contributed by atoms with Crippen LogP contribution in [0.4, 0.5) is 0 Å². The van der Waals surface area contributed by atoms with Gasteiger partial charge in [0.05, 0.1) is 5.92 Å². The maximum absolute atomic E-state index is 5.62. The molecule has 1 unspecified atom stereocenters. The molecule has 0 fully saturated rings. The van der Waals surface area contributed by atoms with Crippen LogP contribution >= 0.6 is 0 Å². The maximum atomic E-state index is 5.62. The molecule has 1 atom stereocenters. The van der Waals surface area contributed by atoms with Gasteiger partial charge in [-0.25, -0.2) is 0 Å². The van der Waals surface area contributed by atoms with E-state index in [1.54, 1.807) is 6.20 Å². The molecule has 0 aliphatic rings. The third-order valence-corrected chi connectivity index (χ3v) is 2.46. The van der Waals surface area contributed by atoms with Gasteiger partial charge in [-0.2, -0.15) is 4.98 Å². The first-order valence-corrected chi connectivity index (χ1v) is 5.30. The summed E-state index contributed by atoms with van der Waals surface area (Å²) in [5.74, 6) is 1.23. The van der Waals surface area contributed by atoms with Crippen LogP contribution in [-0.2, 0) is 0 Å². The highest BCUT2D eigenvalue weighted by atomic mass is 16.5. The van der Waals surface area contributed by atoms with E-state index >= 15 is 0 Å². The predicted octanol–water partition coefficient (Wildman–Crippen LogP) is 1.58. The lowest BCUT2D eigenvalue weighted by molar-refractivity contribution is 0.351. The van der Waals surface area contributed by atoms with Gasteiger partial charge in [0.25, 0.3) is 0 Å². The average molecular weight is 218 g/mol. The summed E-state index contributed by atoms with van der Waals surface area (Å²) < 4.78 is 5.18. The van der Waals surface area contributed by atoms with E-state index < -0.39 is 0 Å². The van der Waals surface area contributed by atoms with Crippen molar-refractivity contribution in [3.63, 3.8) is 0 Å². The molecule has 0 aliphatic carbocycles. The van der Waals surface area contributed by atoms with Crippen molar-refractivity contribution in [2.24, 2.45) is 5.73 Å². The first-order chi connectivity index (χ1) is 7.85. The Bertz CT molecular complexity index is 436. The minimum absolute atomic E-state index is 0.130. The largest absolute Gasteiger partial charge is 0.339 e. The van der Waals surface area contributed by atoms with E-state index in [0.29, 0.717) is 24.0 Å². The molecule has 16 heavy (non-hydrogen) atoms. The lowest BCUT2D eigenvalue weighted by Crippen LogP contribution is -2.11. The molecule has 2 N–H and O–H groups in total. The predicted molar refractivity (Wildman–Crippen MR) is 59.6 cm³/mol. The van der Waals surface area contributed by atoms with Crippen molar-refractivity contribution in [3.05, 3.63) is 30.3 Å². The molecule has 2 aromatic heterocycles. The second-order valence-corrected chi connectivity index (χ2v) is 3.51. The lowest BCUT2D eigenvalue weighted by Gasteiger charge is -2.04. The fourth-order valence-electron chi connectivity index (χ4n) is 1.44. The highest BCUT2D eigenvalue weighted by Crippen LogP contribution is 2.19. The molecule has 0 bridgehead atoms. The van der Waals surface area contributed by atoms with Crippen molar-refractivity contribution < 1.29 is 4.52 Å². The van der Waals surface area contributed by atoms with Crippen LogP contribution in [0.5, 0.6) is 0 Å². The summed E-state index contributed by atoms with van der Waals surface area (Å²) in [4.78, 5) is 8.46. The topological polar surface area (TPSA) is 77.8 Å². The number of rotatable bonds is 4. The van der Waals surface area contributed by atoms with E-state index in [2.05, 4.69) is 15.1 Å². The highest BCUT2D eigenvalue weighted by molar-refractivity contribution is 5.47. The van der Waals surface area contributed by atoms with Gasteiger partial charge in [-0.1, -0.05) is 18.1 Å². The monoisotopic (exact) mass is 218 g/mol. The number of aromatic nitrogens is 3. The van der Waals surface area contributed by atoms with Gasteiger partial charge in [0.2, 0.25) is 11.7 Å². The summed E-state index contributed by atoms with van der Waals surface area (Å²) in [5.41, 5.74) is 6.33. The quantitative estimate of drug-likeness (QED) is 0.843. The second-order valence-electron chi connectivity index (χ2n) is 3.51. The number of nitrogens with two attached hydrogens (primary N) is 1. The Balaban J connectivity index is 2.26. The standard InChI is InChI=1S/C11H14N4O/c1-2-8(7-12)11-14-10(15-16-11)9-5-3-4-6-13-9/h3-6,8H,2,7,12H2,1H3. The summed E-state index contributed by atoms with van der Waals surface area (Å²) in [7, 11) is 0. The van der Waals surface area contributed by atoms with Gasteiger partial charge in [-0.3, -0.25) is 4.98 Å². The van der Waals surface area contributed by atoms with Crippen molar-refractivity contribution in [1.29, 1.82) is 0 Å². The van der Waals surface area contributed by atoms with Crippen LogP contribution in [0, 0.1) is 0 Å². The number of pyridine rings is 1. The zero-order valence-electron chi connectivity index (χ0n) is 9.13. The van der Waals surface area contributed by atoms with E-state index in [-0.39, 0.29) is 5.92 Å². The van der Waals surface area contributed by atoms with Gasteiger partial charge in [0, 0.05) is 12.7 Å². The molecule has 2 rings (SSSR count). The molecule has 2 aromatic rings. The summed E-state index contributed by atoms with van der Waals surface area (Å²) in [6.07, 6.45) is 2.59. The molecule has 2 heterocycles. The minimum atomic E-state index is 0.130. The van der Waals surface area contributed by atoms with E-state index in [9.17, 15) is 0 Å². The number of hydrogen-bond donors (Lipinski definition) is 1. The molecule has 0 saturated heterocycles. The van der Waals surface area contributed by atoms with E-state index in [1.165, 1.54) is 0 Å². The normalized spacial score (nSPS) is 12.6. The molecule has 5 nitrogen and oxygen atoms in total. The van der Waals surface area contributed by atoms with Crippen LogP contribution < -0.4 is 5.73 Å². The fourth-order valence-corrected chi connectivity index (χ4v) is 1.44. The highest BCUT2D eigenvalue weighted by Gasteiger charge is 2.16. The van der Waals surface area contributed by atoms with Gasteiger partial charge in [-0.15, -0.1) is 0 Å². The SMILES string of the molecule is CCC(CN)c1nc(-c2ccccn2)no1. The first-order valence-electron chi connectivity index (χ1n) is 5.30. The van der Waals surface area contributed by atoms with Gasteiger partial charge in [0.15, 0.2) is 0 Å². The second kappa shape index (κ2) is 4.85. The fraction of sp³-hybridized carbons (Fsp3) is 0.364. The van der Waals surface area contributed by atoms with Gasteiger partial charge < -0.3 is 10.3 Å². The van der Waals surface area contributed by atoms with Crippen LogP contribution in [0.3, 0.4) is 0 Å². The van der Waals surface area contributed by atoms with Gasteiger partial charge >= 0.3 is 0 Å². The smallest absolute Gasteiger partial charge is 0.231 e. The molecule has 0 aromatic carbocycles. The Labute approximate surface area is 93.7 Å². The molecule has 0 saturated carbocycles. The van der Waals surface area contributed by atoms with Gasteiger partial charge in [-0.05, 0) is 18.6 Å². The zero-order chi connectivity index (χ0) is 11.4. The third-order valence-electron chi connectivity index (χ3n) is 2.46. The Morgan fingerprint density at radius 1 is 1.44 bits per heavy atom. The molecule has 84 valence electrons. The summed E-state index contributed by atoms with van der Waals surface area (Å²) in [6, 6.07) is 5.58. The Hall–Kier alpha value is -1.75. The third kappa shape index (κ3) is 2.09. The Kier molecular flexibility index (Phi) is 3.26. The summed E-state index contributed by atoms with van der Waals surface area (Å²) >= 11 is 0. The van der Waals surface area contributed by atoms with Crippen LogP contribution in [-0.4, -0.2) is 21.7 Å². The molecule has 0 spiro atoms. The molecular formula is C11H14N4O. The molecular weight excluding hydrogens is 204 g/mol. The van der Waals surface area contributed by atoms with Crippen molar-refractivity contribution in [3.8, 4) is 11.5 Å². The molecule has 0 radical (unpaired) electrons. The van der Waals surface area contributed by atoms with E-state index in [0.717, 1.165) is 6.42 Å². The van der Waals surface area contributed by atoms with Crippen LogP contribution in [0.2, 0.25) is 0 Å². The summed E-state index contributed by atoms with van der Waals surface area (Å²) in [6.45, 7) is 2.56. The first kappa shape index (κ1) is 10.8. The van der Waals surface area contributed by atoms with Gasteiger partial charge in [0.1, 0.15) is 5.69 Å². The maximum Gasteiger partial charge on any atom is 0.231 e. The number of hydrogen-bond acceptors (Lipinski definition) is 5. The molecule has 0 amide bonds. The minimum Gasteiger partial charge on any atom is -0.339 e. The van der Waals surface area contributed by atoms with Crippen molar-refractivity contribution in [1.82, 2.24) is 15.1 Å². The van der Waals surface area contributed by atoms with Crippen molar-refractivity contribution in [2.75, 3.05) is 6.54 Å².